The Kier molecular flexibility index (Phi) is 3.67. The molecule has 2 heterocycles. The van der Waals surface area contributed by atoms with Crippen LogP contribution in [0.25, 0.3) is 0 Å². The summed E-state index contributed by atoms with van der Waals surface area (Å²) in [6.45, 7) is 3.63. The van der Waals surface area contributed by atoms with E-state index < -0.39 is 0 Å². The molecule has 21 heavy (non-hydrogen) atoms. The van der Waals surface area contributed by atoms with E-state index in [4.69, 9.17) is 11.6 Å². The lowest BCUT2D eigenvalue weighted by Gasteiger charge is -2.19. The summed E-state index contributed by atoms with van der Waals surface area (Å²) >= 11 is 7.56. The number of anilines is 1. The van der Waals surface area contributed by atoms with Crippen LogP contribution in [0.3, 0.4) is 0 Å². The molecule has 1 aliphatic rings. The summed E-state index contributed by atoms with van der Waals surface area (Å²) in [6.07, 6.45) is 0. The quantitative estimate of drug-likeness (QED) is 0.841. The summed E-state index contributed by atoms with van der Waals surface area (Å²) in [7, 11) is 0. The topological polar surface area (TPSA) is 57.8 Å². The maximum atomic E-state index is 14.3. The van der Waals surface area contributed by atoms with E-state index in [0.717, 1.165) is 11.3 Å². The van der Waals surface area contributed by atoms with Crippen LogP contribution in [0.15, 0.2) is 18.2 Å². The number of benzene rings is 1. The van der Waals surface area contributed by atoms with Crippen LogP contribution in [0.1, 0.15) is 29.0 Å². The van der Waals surface area contributed by atoms with Crippen molar-refractivity contribution in [2.75, 3.05) is 5.32 Å². The standard InChI is InChI=1S/C14H13ClFN3OS/c1-6-10-12(11-8(15)4-3-5-9(11)16)21-7(2)14(20)17-13(10)19-18-6/h3-5,7,12H,1-2H3,(H2,17,18,19,20)/t7-,12-/m1/s1. The molecule has 1 aromatic carbocycles. The highest BCUT2D eigenvalue weighted by molar-refractivity contribution is 8.01. The first-order valence-corrected chi connectivity index (χ1v) is 7.76. The number of aromatic amines is 1. The van der Waals surface area contributed by atoms with Gasteiger partial charge in [-0.05, 0) is 26.0 Å². The molecular formula is C14H13ClFN3OS. The summed E-state index contributed by atoms with van der Waals surface area (Å²) in [5, 5.41) is 9.33. The fourth-order valence-electron chi connectivity index (χ4n) is 2.38. The van der Waals surface area contributed by atoms with E-state index in [2.05, 4.69) is 15.5 Å². The van der Waals surface area contributed by atoms with E-state index in [1.165, 1.54) is 17.8 Å². The van der Waals surface area contributed by atoms with Crippen molar-refractivity contribution in [3.63, 3.8) is 0 Å². The van der Waals surface area contributed by atoms with Crippen molar-refractivity contribution >= 4 is 35.1 Å². The molecule has 2 aromatic rings. The second-order valence-electron chi connectivity index (χ2n) is 4.89. The Morgan fingerprint density at radius 3 is 2.86 bits per heavy atom. The zero-order valence-corrected chi connectivity index (χ0v) is 13.0. The second-order valence-corrected chi connectivity index (χ2v) is 6.75. The van der Waals surface area contributed by atoms with Gasteiger partial charge in [-0.1, -0.05) is 17.7 Å². The van der Waals surface area contributed by atoms with Crippen LogP contribution in [0.2, 0.25) is 5.02 Å². The first kappa shape index (κ1) is 14.4. The molecule has 0 spiro atoms. The fourth-order valence-corrected chi connectivity index (χ4v) is 4.11. The van der Waals surface area contributed by atoms with E-state index in [1.807, 2.05) is 6.92 Å². The molecule has 0 aliphatic carbocycles. The maximum absolute atomic E-state index is 14.3. The van der Waals surface area contributed by atoms with Gasteiger partial charge in [-0.15, -0.1) is 11.8 Å². The smallest absolute Gasteiger partial charge is 0.238 e. The molecular weight excluding hydrogens is 313 g/mol. The number of hydrogen-bond acceptors (Lipinski definition) is 3. The minimum Gasteiger partial charge on any atom is -0.308 e. The molecule has 0 radical (unpaired) electrons. The minimum atomic E-state index is -0.388. The van der Waals surface area contributed by atoms with Crippen molar-refractivity contribution in [2.45, 2.75) is 24.3 Å². The number of thioether (sulfide) groups is 1. The summed E-state index contributed by atoms with van der Waals surface area (Å²) in [5.74, 6) is -0.0884. The Bertz CT molecular complexity index is 698. The molecule has 1 amide bonds. The van der Waals surface area contributed by atoms with Gasteiger partial charge in [-0.2, -0.15) is 5.10 Å². The third-order valence-corrected chi connectivity index (χ3v) is 5.17. The lowest BCUT2D eigenvalue weighted by Crippen LogP contribution is -2.21. The number of carbonyl (C=O) groups is 1. The molecule has 7 heteroatoms. The molecule has 2 atom stereocenters. The van der Waals surface area contributed by atoms with Crippen molar-refractivity contribution in [3.05, 3.63) is 45.9 Å². The number of fused-ring (bicyclic) bond motifs is 1. The van der Waals surface area contributed by atoms with Gasteiger partial charge in [0, 0.05) is 21.8 Å². The number of carbonyl (C=O) groups excluding carboxylic acids is 1. The number of aromatic nitrogens is 2. The van der Waals surface area contributed by atoms with Crippen molar-refractivity contribution < 1.29 is 9.18 Å². The van der Waals surface area contributed by atoms with Crippen LogP contribution in [-0.2, 0) is 4.79 Å². The molecule has 4 nitrogen and oxygen atoms in total. The third-order valence-electron chi connectivity index (χ3n) is 3.47. The number of rotatable bonds is 1. The van der Waals surface area contributed by atoms with Gasteiger partial charge < -0.3 is 5.32 Å². The lowest BCUT2D eigenvalue weighted by molar-refractivity contribution is -0.115. The highest BCUT2D eigenvalue weighted by atomic mass is 35.5. The number of amides is 1. The number of aryl methyl sites for hydroxylation is 1. The van der Waals surface area contributed by atoms with E-state index in [9.17, 15) is 9.18 Å². The van der Waals surface area contributed by atoms with Crippen LogP contribution >= 0.6 is 23.4 Å². The van der Waals surface area contributed by atoms with Gasteiger partial charge in [0.15, 0.2) is 5.82 Å². The zero-order valence-electron chi connectivity index (χ0n) is 11.4. The average molecular weight is 326 g/mol. The van der Waals surface area contributed by atoms with Crippen LogP contribution in [0.5, 0.6) is 0 Å². The van der Waals surface area contributed by atoms with E-state index in [-0.39, 0.29) is 22.2 Å². The highest BCUT2D eigenvalue weighted by Crippen LogP contribution is 2.47. The van der Waals surface area contributed by atoms with Gasteiger partial charge in [0.1, 0.15) is 5.82 Å². The van der Waals surface area contributed by atoms with Gasteiger partial charge in [0.25, 0.3) is 0 Å². The van der Waals surface area contributed by atoms with Gasteiger partial charge in [0.2, 0.25) is 5.91 Å². The molecule has 0 saturated heterocycles. The van der Waals surface area contributed by atoms with E-state index in [0.29, 0.717) is 16.4 Å². The summed E-state index contributed by atoms with van der Waals surface area (Å²) < 4.78 is 14.3. The molecule has 110 valence electrons. The lowest BCUT2D eigenvalue weighted by atomic mass is 10.0. The van der Waals surface area contributed by atoms with Crippen LogP contribution in [-0.4, -0.2) is 21.4 Å². The number of nitrogens with zero attached hydrogens (tertiary/aromatic N) is 1. The van der Waals surface area contributed by atoms with Crippen molar-refractivity contribution in [3.8, 4) is 0 Å². The number of hydrogen-bond donors (Lipinski definition) is 2. The predicted octanol–water partition coefficient (Wildman–Crippen LogP) is 3.67. The number of nitrogens with one attached hydrogen (secondary N) is 2. The molecule has 2 N–H and O–H groups in total. The maximum Gasteiger partial charge on any atom is 0.238 e. The van der Waals surface area contributed by atoms with Gasteiger partial charge in [-0.25, -0.2) is 4.39 Å². The van der Waals surface area contributed by atoms with Gasteiger partial charge in [-0.3, -0.25) is 9.89 Å². The minimum absolute atomic E-state index is 0.150. The first-order valence-electron chi connectivity index (χ1n) is 6.44. The zero-order chi connectivity index (χ0) is 15.1. The summed E-state index contributed by atoms with van der Waals surface area (Å²) in [6, 6.07) is 4.60. The largest absolute Gasteiger partial charge is 0.308 e. The monoisotopic (exact) mass is 325 g/mol. The molecule has 0 unspecified atom stereocenters. The van der Waals surface area contributed by atoms with Crippen LogP contribution in [0, 0.1) is 12.7 Å². The Hall–Kier alpha value is -1.53. The second kappa shape index (κ2) is 5.35. The Balaban J connectivity index is 2.21. The fraction of sp³-hybridized carbons (Fsp3) is 0.286. The van der Waals surface area contributed by atoms with Crippen molar-refractivity contribution in [1.29, 1.82) is 0 Å². The summed E-state index contributed by atoms with van der Waals surface area (Å²) in [4.78, 5) is 12.0. The first-order chi connectivity index (χ1) is 9.99. The Labute approximate surface area is 130 Å². The average Bonchev–Trinajstić information content (AvgIpc) is 2.72. The van der Waals surface area contributed by atoms with Gasteiger partial charge >= 0.3 is 0 Å². The predicted molar refractivity (Wildman–Crippen MR) is 82.3 cm³/mol. The molecule has 0 saturated carbocycles. The molecule has 1 aliphatic heterocycles. The SMILES string of the molecule is Cc1[nH]nc2c1[C@H](c1c(F)cccc1Cl)S[C@H](C)C(=O)N2. The number of halogens is 2. The third kappa shape index (κ3) is 2.42. The Morgan fingerprint density at radius 1 is 1.38 bits per heavy atom. The number of H-pyrrole nitrogens is 1. The molecule has 3 rings (SSSR count). The van der Waals surface area contributed by atoms with Crippen LogP contribution in [0.4, 0.5) is 10.2 Å². The molecule has 1 aromatic heterocycles. The highest BCUT2D eigenvalue weighted by Gasteiger charge is 2.34. The Morgan fingerprint density at radius 2 is 2.14 bits per heavy atom. The van der Waals surface area contributed by atoms with E-state index in [1.54, 1.807) is 19.1 Å². The molecule has 0 bridgehead atoms. The summed E-state index contributed by atoms with van der Waals surface area (Å²) in [5.41, 5.74) is 1.94. The van der Waals surface area contributed by atoms with Crippen LogP contribution < -0.4 is 5.32 Å². The van der Waals surface area contributed by atoms with Crippen molar-refractivity contribution in [1.82, 2.24) is 10.2 Å². The molecule has 0 fully saturated rings. The van der Waals surface area contributed by atoms with E-state index >= 15 is 0 Å². The van der Waals surface area contributed by atoms with Gasteiger partial charge in [0.05, 0.1) is 10.5 Å². The normalized spacial score (nSPS) is 21.6. The van der Waals surface area contributed by atoms with Crippen molar-refractivity contribution in [2.24, 2.45) is 0 Å².